The van der Waals surface area contributed by atoms with Crippen molar-refractivity contribution in [3.8, 4) is 11.5 Å². The number of rotatable bonds is 8. The molecule has 18 heavy (non-hydrogen) atoms. The van der Waals surface area contributed by atoms with Crippen LogP contribution in [0.1, 0.15) is 51.6 Å². The Bertz CT molecular complexity index is 352. The molecule has 0 aliphatic heterocycles. The zero-order valence-electron chi connectivity index (χ0n) is 11.7. The lowest BCUT2D eigenvalue weighted by atomic mass is 10.0. The summed E-state index contributed by atoms with van der Waals surface area (Å²) in [6, 6.07) is 5.97. The topological polar surface area (TPSA) is 44.5 Å². The monoisotopic (exact) mass is 251 g/mol. The van der Waals surface area contributed by atoms with Gasteiger partial charge in [0, 0.05) is 17.7 Å². The van der Waals surface area contributed by atoms with Gasteiger partial charge in [-0.3, -0.25) is 0 Å². The minimum Gasteiger partial charge on any atom is -0.493 e. The summed E-state index contributed by atoms with van der Waals surface area (Å²) < 4.78 is 11.4. The maximum Gasteiger partial charge on any atom is 0.127 e. The molecule has 102 valence electrons. The maximum atomic E-state index is 6.10. The van der Waals surface area contributed by atoms with Gasteiger partial charge in [0.1, 0.15) is 11.5 Å². The van der Waals surface area contributed by atoms with Crippen molar-refractivity contribution in [2.75, 3.05) is 13.2 Å². The van der Waals surface area contributed by atoms with Crippen LogP contribution in [0, 0.1) is 0 Å². The first-order valence-corrected chi connectivity index (χ1v) is 6.88. The Labute approximate surface area is 110 Å². The van der Waals surface area contributed by atoms with Crippen LogP contribution in [0.5, 0.6) is 11.5 Å². The van der Waals surface area contributed by atoms with Gasteiger partial charge in [0.05, 0.1) is 13.2 Å². The van der Waals surface area contributed by atoms with Crippen LogP contribution in [0.2, 0.25) is 0 Å². The predicted octanol–water partition coefficient (Wildman–Crippen LogP) is 3.67. The summed E-state index contributed by atoms with van der Waals surface area (Å²) >= 11 is 0. The molecule has 0 spiro atoms. The lowest BCUT2D eigenvalue weighted by molar-refractivity contribution is 0.298. The fraction of sp³-hybridized carbons (Fsp3) is 0.600. The molecule has 1 rings (SSSR count). The second-order valence-corrected chi connectivity index (χ2v) is 4.41. The summed E-state index contributed by atoms with van der Waals surface area (Å²) in [6.45, 7) is 7.70. The molecule has 1 aromatic rings. The van der Waals surface area contributed by atoms with Crippen molar-refractivity contribution in [2.45, 2.75) is 46.1 Å². The number of nitrogens with two attached hydrogens (primary N) is 1. The molecule has 0 heterocycles. The smallest absolute Gasteiger partial charge is 0.127 e. The van der Waals surface area contributed by atoms with Gasteiger partial charge in [-0.05, 0) is 25.3 Å². The standard InChI is InChI=1S/C15H25NO2/c1-4-9-17-12-7-8-13(14(16)6-3)15(11-12)18-10-5-2/h7-8,11,14H,4-6,9-10,16H2,1-3H3. The van der Waals surface area contributed by atoms with Crippen molar-refractivity contribution in [3.63, 3.8) is 0 Å². The van der Waals surface area contributed by atoms with Crippen molar-refractivity contribution >= 4 is 0 Å². The van der Waals surface area contributed by atoms with E-state index in [9.17, 15) is 0 Å². The third-order valence-corrected chi connectivity index (χ3v) is 2.76. The van der Waals surface area contributed by atoms with Gasteiger partial charge < -0.3 is 15.2 Å². The van der Waals surface area contributed by atoms with Gasteiger partial charge in [0.25, 0.3) is 0 Å². The molecule has 1 atom stereocenters. The van der Waals surface area contributed by atoms with E-state index >= 15 is 0 Å². The highest BCUT2D eigenvalue weighted by atomic mass is 16.5. The van der Waals surface area contributed by atoms with Gasteiger partial charge >= 0.3 is 0 Å². The molecule has 3 heteroatoms. The Morgan fingerprint density at radius 1 is 1.06 bits per heavy atom. The Kier molecular flexibility index (Phi) is 6.58. The van der Waals surface area contributed by atoms with Crippen LogP contribution in [0.4, 0.5) is 0 Å². The Balaban J connectivity index is 2.88. The van der Waals surface area contributed by atoms with Crippen molar-refractivity contribution in [1.29, 1.82) is 0 Å². The zero-order chi connectivity index (χ0) is 13.4. The van der Waals surface area contributed by atoms with E-state index in [1.807, 2.05) is 18.2 Å². The van der Waals surface area contributed by atoms with Crippen LogP contribution in [0.15, 0.2) is 18.2 Å². The zero-order valence-corrected chi connectivity index (χ0v) is 11.7. The summed E-state index contributed by atoms with van der Waals surface area (Å²) in [7, 11) is 0. The lowest BCUT2D eigenvalue weighted by Gasteiger charge is -2.17. The Hall–Kier alpha value is -1.22. The fourth-order valence-corrected chi connectivity index (χ4v) is 1.69. The first kappa shape index (κ1) is 14.8. The van der Waals surface area contributed by atoms with E-state index in [1.165, 1.54) is 0 Å². The first-order chi connectivity index (χ1) is 8.72. The van der Waals surface area contributed by atoms with E-state index in [0.29, 0.717) is 6.61 Å². The van der Waals surface area contributed by atoms with Gasteiger partial charge in [-0.2, -0.15) is 0 Å². The fourth-order valence-electron chi connectivity index (χ4n) is 1.69. The summed E-state index contributed by atoms with van der Waals surface area (Å²) in [4.78, 5) is 0. The molecular formula is C15H25NO2. The average Bonchev–Trinajstić information content (AvgIpc) is 2.42. The molecule has 0 saturated heterocycles. The summed E-state index contributed by atoms with van der Waals surface area (Å²) in [5.41, 5.74) is 7.16. The van der Waals surface area contributed by atoms with E-state index in [1.54, 1.807) is 0 Å². The summed E-state index contributed by atoms with van der Waals surface area (Å²) in [6.07, 6.45) is 2.89. The Morgan fingerprint density at radius 2 is 1.72 bits per heavy atom. The van der Waals surface area contributed by atoms with Crippen molar-refractivity contribution in [3.05, 3.63) is 23.8 Å². The predicted molar refractivity (Wildman–Crippen MR) is 75.2 cm³/mol. The van der Waals surface area contributed by atoms with Gasteiger partial charge in [-0.15, -0.1) is 0 Å². The van der Waals surface area contributed by atoms with Crippen LogP contribution in [-0.2, 0) is 0 Å². The van der Waals surface area contributed by atoms with Crippen LogP contribution in [0.3, 0.4) is 0 Å². The third-order valence-electron chi connectivity index (χ3n) is 2.76. The quantitative estimate of drug-likeness (QED) is 0.766. The van der Waals surface area contributed by atoms with E-state index in [4.69, 9.17) is 15.2 Å². The molecule has 3 nitrogen and oxygen atoms in total. The molecule has 0 radical (unpaired) electrons. The highest BCUT2D eigenvalue weighted by Gasteiger charge is 2.11. The maximum absolute atomic E-state index is 6.10. The largest absolute Gasteiger partial charge is 0.493 e. The molecule has 0 bridgehead atoms. The van der Waals surface area contributed by atoms with Crippen LogP contribution in [-0.4, -0.2) is 13.2 Å². The Morgan fingerprint density at radius 3 is 2.33 bits per heavy atom. The van der Waals surface area contributed by atoms with Crippen molar-refractivity contribution in [1.82, 2.24) is 0 Å². The average molecular weight is 251 g/mol. The molecular weight excluding hydrogens is 226 g/mol. The normalized spacial score (nSPS) is 12.2. The molecule has 0 aromatic heterocycles. The highest BCUT2D eigenvalue weighted by molar-refractivity contribution is 5.42. The molecule has 1 aromatic carbocycles. The summed E-state index contributed by atoms with van der Waals surface area (Å²) in [5, 5.41) is 0. The number of hydrogen-bond donors (Lipinski definition) is 1. The van der Waals surface area contributed by atoms with E-state index in [0.717, 1.165) is 42.9 Å². The van der Waals surface area contributed by atoms with E-state index in [-0.39, 0.29) is 6.04 Å². The summed E-state index contributed by atoms with van der Waals surface area (Å²) in [5.74, 6) is 1.72. The molecule has 0 aliphatic rings. The molecule has 1 unspecified atom stereocenters. The number of ether oxygens (including phenoxy) is 2. The molecule has 0 fully saturated rings. The van der Waals surface area contributed by atoms with Gasteiger partial charge in [0.2, 0.25) is 0 Å². The van der Waals surface area contributed by atoms with Crippen LogP contribution in [0.25, 0.3) is 0 Å². The second-order valence-electron chi connectivity index (χ2n) is 4.41. The molecule has 2 N–H and O–H groups in total. The SMILES string of the molecule is CCCOc1ccc(C(N)CC)c(OCCC)c1. The van der Waals surface area contributed by atoms with E-state index in [2.05, 4.69) is 20.8 Å². The van der Waals surface area contributed by atoms with Gasteiger partial charge in [0.15, 0.2) is 0 Å². The van der Waals surface area contributed by atoms with Crippen molar-refractivity contribution in [2.24, 2.45) is 5.73 Å². The minimum atomic E-state index is 0.0251. The van der Waals surface area contributed by atoms with Crippen molar-refractivity contribution < 1.29 is 9.47 Å². The van der Waals surface area contributed by atoms with Crippen LogP contribution < -0.4 is 15.2 Å². The van der Waals surface area contributed by atoms with Gasteiger partial charge in [-0.1, -0.05) is 26.8 Å². The number of hydrogen-bond acceptors (Lipinski definition) is 3. The molecule has 0 aliphatic carbocycles. The highest BCUT2D eigenvalue weighted by Crippen LogP contribution is 2.30. The first-order valence-electron chi connectivity index (χ1n) is 6.88. The van der Waals surface area contributed by atoms with Gasteiger partial charge in [-0.25, -0.2) is 0 Å². The minimum absolute atomic E-state index is 0.0251. The van der Waals surface area contributed by atoms with Crippen LogP contribution >= 0.6 is 0 Å². The second kappa shape index (κ2) is 7.98. The molecule has 0 saturated carbocycles. The third kappa shape index (κ3) is 4.22. The molecule has 0 amide bonds. The number of benzene rings is 1. The van der Waals surface area contributed by atoms with E-state index < -0.39 is 0 Å². The lowest BCUT2D eigenvalue weighted by Crippen LogP contribution is -2.11.